The molecule has 2 N–H and O–H groups in total. The topological polar surface area (TPSA) is 52.3 Å². The molecule has 0 aliphatic heterocycles. The van der Waals surface area contributed by atoms with Gasteiger partial charge in [-0.3, -0.25) is 0 Å². The molecule has 0 aliphatic rings. The Balaban J connectivity index is 3.12. The molecule has 1 aromatic rings. The molecule has 0 unspecified atom stereocenters. The first-order valence-electron chi connectivity index (χ1n) is 3.64. The summed E-state index contributed by atoms with van der Waals surface area (Å²) in [5.74, 6) is -1.75. The van der Waals surface area contributed by atoms with Crippen molar-refractivity contribution in [2.45, 2.75) is 0 Å². The zero-order valence-corrected chi connectivity index (χ0v) is 8.67. The summed E-state index contributed by atoms with van der Waals surface area (Å²) in [6.45, 7) is 3.19. The Kier molecular flexibility index (Phi) is 3.24. The van der Waals surface area contributed by atoms with Crippen molar-refractivity contribution in [2.24, 2.45) is 0 Å². The summed E-state index contributed by atoms with van der Waals surface area (Å²) in [5, 5.41) is 0. The van der Waals surface area contributed by atoms with Gasteiger partial charge in [-0.1, -0.05) is 6.58 Å². The van der Waals surface area contributed by atoms with E-state index in [1.807, 2.05) is 0 Å². The minimum atomic E-state index is -0.756. The molecule has 0 radical (unpaired) electrons. The molecule has 0 aliphatic carbocycles. The van der Waals surface area contributed by atoms with Gasteiger partial charge in [-0.15, -0.1) is 0 Å². The molecule has 0 spiro atoms. The van der Waals surface area contributed by atoms with Crippen LogP contribution in [0.5, 0.6) is 5.75 Å². The molecule has 0 bridgehead atoms. The lowest BCUT2D eigenvalue weighted by molar-refractivity contribution is -0.129. The van der Waals surface area contributed by atoms with E-state index in [0.717, 1.165) is 6.08 Å². The number of carbonyl (C=O) groups excluding carboxylic acids is 1. The van der Waals surface area contributed by atoms with Gasteiger partial charge in [0.15, 0.2) is 11.6 Å². The number of hydrogen-bond donors (Lipinski definition) is 1. The Bertz CT molecular complexity index is 393. The molecule has 3 nitrogen and oxygen atoms in total. The molecule has 0 saturated carbocycles. The zero-order chi connectivity index (χ0) is 10.7. The molecule has 0 atom stereocenters. The van der Waals surface area contributed by atoms with Crippen molar-refractivity contribution >= 4 is 27.6 Å². The summed E-state index contributed by atoms with van der Waals surface area (Å²) >= 11 is 2.94. The fourth-order valence-electron chi connectivity index (χ4n) is 0.793. The predicted octanol–water partition coefficient (Wildman–Crippen LogP) is 2.26. The van der Waals surface area contributed by atoms with Crippen molar-refractivity contribution in [3.63, 3.8) is 0 Å². The van der Waals surface area contributed by atoms with Crippen molar-refractivity contribution in [2.75, 3.05) is 5.73 Å². The molecule has 1 aromatic carbocycles. The Morgan fingerprint density at radius 3 is 2.86 bits per heavy atom. The summed E-state index contributed by atoms with van der Waals surface area (Å²) in [7, 11) is 0. The second-order valence-corrected chi connectivity index (χ2v) is 3.26. The Morgan fingerprint density at radius 1 is 1.64 bits per heavy atom. The molecule has 0 saturated heterocycles. The van der Waals surface area contributed by atoms with E-state index in [2.05, 4.69) is 27.2 Å². The van der Waals surface area contributed by atoms with E-state index in [1.165, 1.54) is 12.1 Å². The molecular formula is C9H7BrFNO2. The number of rotatable bonds is 2. The smallest absolute Gasteiger partial charge is 0.335 e. The second kappa shape index (κ2) is 4.23. The van der Waals surface area contributed by atoms with Crippen LogP contribution in [0.25, 0.3) is 0 Å². The average Bonchev–Trinajstić information content (AvgIpc) is 2.18. The number of benzene rings is 1. The monoisotopic (exact) mass is 259 g/mol. The van der Waals surface area contributed by atoms with E-state index in [1.54, 1.807) is 0 Å². The van der Waals surface area contributed by atoms with Gasteiger partial charge in [0.05, 0.1) is 10.2 Å². The summed E-state index contributed by atoms with van der Waals surface area (Å²) in [6, 6.07) is 2.86. The minimum Gasteiger partial charge on any atom is -0.418 e. The number of hydrogen-bond acceptors (Lipinski definition) is 3. The first kappa shape index (κ1) is 10.7. The third kappa shape index (κ3) is 2.11. The van der Waals surface area contributed by atoms with Gasteiger partial charge in [0.2, 0.25) is 0 Å². The predicted molar refractivity (Wildman–Crippen MR) is 54.3 cm³/mol. The summed E-state index contributed by atoms with van der Waals surface area (Å²) in [6.07, 6.45) is 0.930. The van der Waals surface area contributed by atoms with Crippen LogP contribution in [-0.4, -0.2) is 5.97 Å². The van der Waals surface area contributed by atoms with Crippen molar-refractivity contribution in [3.8, 4) is 5.75 Å². The summed E-state index contributed by atoms with van der Waals surface area (Å²) in [5.41, 5.74) is 5.48. The maximum absolute atomic E-state index is 13.3. The molecule has 74 valence electrons. The van der Waals surface area contributed by atoms with Crippen LogP contribution >= 0.6 is 15.9 Å². The summed E-state index contributed by atoms with van der Waals surface area (Å²) < 4.78 is 18.1. The number of halogens is 2. The van der Waals surface area contributed by atoms with E-state index in [4.69, 9.17) is 5.73 Å². The number of ether oxygens (including phenoxy) is 1. The van der Waals surface area contributed by atoms with E-state index >= 15 is 0 Å². The molecule has 0 heterocycles. The van der Waals surface area contributed by atoms with Crippen LogP contribution in [0.15, 0.2) is 29.3 Å². The van der Waals surface area contributed by atoms with Crippen LogP contribution in [0, 0.1) is 5.82 Å². The number of nitrogens with two attached hydrogens (primary N) is 1. The van der Waals surface area contributed by atoms with Gasteiger partial charge in [-0.05, 0) is 28.1 Å². The lowest BCUT2D eigenvalue weighted by atomic mass is 10.3. The van der Waals surface area contributed by atoms with Crippen molar-refractivity contribution < 1.29 is 13.9 Å². The van der Waals surface area contributed by atoms with E-state index in [0.29, 0.717) is 0 Å². The molecule has 5 heteroatoms. The second-order valence-electron chi connectivity index (χ2n) is 2.40. The van der Waals surface area contributed by atoms with Crippen LogP contribution in [-0.2, 0) is 4.79 Å². The van der Waals surface area contributed by atoms with Gasteiger partial charge in [-0.25, -0.2) is 9.18 Å². The van der Waals surface area contributed by atoms with Crippen molar-refractivity contribution in [1.29, 1.82) is 0 Å². The highest BCUT2D eigenvalue weighted by Gasteiger charge is 2.13. The molecule has 0 fully saturated rings. The Morgan fingerprint density at radius 2 is 2.29 bits per heavy atom. The third-order valence-electron chi connectivity index (χ3n) is 1.45. The summed E-state index contributed by atoms with van der Waals surface area (Å²) in [4.78, 5) is 10.8. The molecular weight excluding hydrogens is 253 g/mol. The first-order valence-corrected chi connectivity index (χ1v) is 4.43. The van der Waals surface area contributed by atoms with Crippen LogP contribution in [0.2, 0.25) is 0 Å². The van der Waals surface area contributed by atoms with Crippen LogP contribution in [0.3, 0.4) is 0 Å². The maximum Gasteiger partial charge on any atom is 0.335 e. The van der Waals surface area contributed by atoms with Crippen molar-refractivity contribution in [3.05, 3.63) is 35.1 Å². The SMILES string of the molecule is C=CC(=O)Oc1c(N)ccc(Br)c1F. The normalized spacial score (nSPS) is 9.57. The van der Waals surface area contributed by atoms with Crippen LogP contribution in [0.1, 0.15) is 0 Å². The van der Waals surface area contributed by atoms with Gasteiger partial charge >= 0.3 is 5.97 Å². The number of esters is 1. The van der Waals surface area contributed by atoms with E-state index in [-0.39, 0.29) is 15.9 Å². The standard InChI is InChI=1S/C9H7BrFNO2/c1-2-7(13)14-9-6(12)4-3-5(10)8(9)11/h2-4H,1,12H2. The largest absolute Gasteiger partial charge is 0.418 e. The third-order valence-corrected chi connectivity index (χ3v) is 2.06. The van der Waals surface area contributed by atoms with Gasteiger partial charge in [0.1, 0.15) is 0 Å². The lowest BCUT2D eigenvalue weighted by Crippen LogP contribution is -2.07. The van der Waals surface area contributed by atoms with Gasteiger partial charge in [0, 0.05) is 6.08 Å². The molecule has 14 heavy (non-hydrogen) atoms. The molecule has 0 amide bonds. The highest BCUT2D eigenvalue weighted by atomic mass is 79.9. The zero-order valence-electron chi connectivity index (χ0n) is 7.09. The maximum atomic E-state index is 13.3. The number of nitrogen functional groups attached to an aromatic ring is 1. The van der Waals surface area contributed by atoms with Gasteiger partial charge in [-0.2, -0.15) is 0 Å². The quantitative estimate of drug-likeness (QED) is 0.384. The average molecular weight is 260 g/mol. The number of carbonyl (C=O) groups is 1. The van der Waals surface area contributed by atoms with Gasteiger partial charge < -0.3 is 10.5 Å². The van der Waals surface area contributed by atoms with Crippen LogP contribution in [0.4, 0.5) is 10.1 Å². The number of anilines is 1. The van der Waals surface area contributed by atoms with Gasteiger partial charge in [0.25, 0.3) is 0 Å². The fourth-order valence-corrected chi connectivity index (χ4v) is 1.11. The van der Waals surface area contributed by atoms with E-state index in [9.17, 15) is 9.18 Å². The lowest BCUT2D eigenvalue weighted by Gasteiger charge is -2.06. The van der Waals surface area contributed by atoms with Crippen molar-refractivity contribution in [1.82, 2.24) is 0 Å². The first-order chi connectivity index (χ1) is 6.56. The highest BCUT2D eigenvalue weighted by Crippen LogP contribution is 2.30. The van der Waals surface area contributed by atoms with Crippen LogP contribution < -0.4 is 10.5 Å². The molecule has 0 aromatic heterocycles. The Labute approximate surface area is 88.5 Å². The minimum absolute atomic E-state index is 0.0564. The fraction of sp³-hybridized carbons (Fsp3) is 0. The molecule has 1 rings (SSSR count). The van der Waals surface area contributed by atoms with E-state index < -0.39 is 11.8 Å². The highest BCUT2D eigenvalue weighted by molar-refractivity contribution is 9.10. The Hall–Kier alpha value is -1.36.